The Morgan fingerprint density at radius 1 is 1.15 bits per heavy atom. The fraction of sp³-hybridized carbons (Fsp3) is 0.581. The van der Waals surface area contributed by atoms with E-state index in [4.69, 9.17) is 10.5 Å². The summed E-state index contributed by atoms with van der Waals surface area (Å²) in [5, 5.41) is 6.59. The van der Waals surface area contributed by atoms with E-state index >= 15 is 0 Å². The number of halogens is 1. The van der Waals surface area contributed by atoms with Crippen LogP contribution >= 0.6 is 0 Å². The van der Waals surface area contributed by atoms with Gasteiger partial charge in [0.2, 0.25) is 15.9 Å². The number of para-hydroxylation sites is 1. The second kappa shape index (κ2) is 12.9. The first kappa shape index (κ1) is 30.1. The average Bonchev–Trinajstić information content (AvgIpc) is 3.04. The molecule has 0 saturated carbocycles. The van der Waals surface area contributed by atoms with Crippen molar-refractivity contribution in [1.82, 2.24) is 9.62 Å². The molecule has 5 rings (SSSR count). The minimum absolute atomic E-state index is 0.0419. The standard InChI is InChI=1S/C31H43FN4O4S/c1-20-16-24(17-21(2)40-20)29(23-9-12-25(32)13-10-23)30(33)31(37)35-28-8-4-3-6-22(28)11-14-27-18-34-26-7-5-15-41(38,39)36(27)19-26/h3-4,6,8-10,12-13,20-21,24,26-27,29-30,34H,5,7,11,14-19,33H2,1-2H3,(H,35,37)/t20-,21-,26-,27+,29+,30+/m1/s1. The zero-order chi connectivity index (χ0) is 29.1. The molecular weight excluding hydrogens is 543 g/mol. The van der Waals surface area contributed by atoms with Gasteiger partial charge in [0.15, 0.2) is 0 Å². The van der Waals surface area contributed by atoms with Gasteiger partial charge in [-0.05, 0) is 87.6 Å². The van der Waals surface area contributed by atoms with Gasteiger partial charge in [0.25, 0.3) is 0 Å². The van der Waals surface area contributed by atoms with Crippen molar-refractivity contribution in [3.8, 4) is 0 Å². The molecule has 2 aromatic carbocycles. The molecule has 3 aliphatic heterocycles. The third-order valence-corrected chi connectivity index (χ3v) is 10.9. The highest BCUT2D eigenvalue weighted by molar-refractivity contribution is 7.89. The maximum Gasteiger partial charge on any atom is 0.241 e. The number of aryl methyl sites for hydroxylation is 1. The molecule has 0 radical (unpaired) electrons. The Kier molecular flexibility index (Phi) is 9.45. The quantitative estimate of drug-likeness (QED) is 0.434. The van der Waals surface area contributed by atoms with Gasteiger partial charge >= 0.3 is 0 Å². The van der Waals surface area contributed by atoms with Crippen LogP contribution in [0.2, 0.25) is 0 Å². The van der Waals surface area contributed by atoms with Gasteiger partial charge in [-0.25, -0.2) is 12.8 Å². The number of fused-ring (bicyclic) bond motifs is 2. The molecule has 1 amide bonds. The maximum atomic E-state index is 13.8. The van der Waals surface area contributed by atoms with Gasteiger partial charge in [-0.15, -0.1) is 0 Å². The van der Waals surface area contributed by atoms with Crippen molar-refractivity contribution >= 4 is 21.6 Å². The first-order chi connectivity index (χ1) is 19.6. The zero-order valence-electron chi connectivity index (χ0n) is 24.0. The minimum Gasteiger partial charge on any atom is -0.376 e. The molecule has 3 saturated heterocycles. The molecule has 3 fully saturated rings. The van der Waals surface area contributed by atoms with Crippen molar-refractivity contribution in [3.05, 3.63) is 65.5 Å². The summed E-state index contributed by atoms with van der Waals surface area (Å²) in [6.07, 6.45) is 4.43. The summed E-state index contributed by atoms with van der Waals surface area (Å²) in [5.74, 6) is -0.619. The Morgan fingerprint density at radius 3 is 2.59 bits per heavy atom. The van der Waals surface area contributed by atoms with Crippen LogP contribution in [-0.4, -0.2) is 67.8 Å². The second-order valence-corrected chi connectivity index (χ2v) is 14.1. The summed E-state index contributed by atoms with van der Waals surface area (Å²) in [5.41, 5.74) is 9.18. The molecule has 0 aliphatic carbocycles. The van der Waals surface area contributed by atoms with Crippen LogP contribution in [0.1, 0.15) is 63.0 Å². The van der Waals surface area contributed by atoms with Crippen molar-refractivity contribution in [1.29, 1.82) is 0 Å². The fourth-order valence-electron chi connectivity index (χ4n) is 7.01. The number of amides is 1. The highest BCUT2D eigenvalue weighted by atomic mass is 32.2. The number of nitrogens with one attached hydrogen (secondary N) is 2. The van der Waals surface area contributed by atoms with Crippen molar-refractivity contribution in [3.63, 3.8) is 0 Å². The smallest absolute Gasteiger partial charge is 0.241 e. The third kappa shape index (κ3) is 7.17. The lowest BCUT2D eigenvalue weighted by molar-refractivity contribution is -0.119. The van der Waals surface area contributed by atoms with E-state index in [1.54, 1.807) is 16.4 Å². The fourth-order valence-corrected chi connectivity index (χ4v) is 8.82. The van der Waals surface area contributed by atoms with Crippen molar-refractivity contribution in [2.24, 2.45) is 11.7 Å². The monoisotopic (exact) mass is 586 g/mol. The van der Waals surface area contributed by atoms with Crippen LogP contribution in [0, 0.1) is 11.7 Å². The van der Waals surface area contributed by atoms with Crippen LogP contribution in [0.15, 0.2) is 48.5 Å². The average molecular weight is 587 g/mol. The summed E-state index contributed by atoms with van der Waals surface area (Å²) >= 11 is 0. The van der Waals surface area contributed by atoms with Crippen LogP contribution in [0.3, 0.4) is 0 Å². The van der Waals surface area contributed by atoms with Crippen molar-refractivity contribution in [2.45, 2.75) is 88.6 Å². The van der Waals surface area contributed by atoms with E-state index in [1.165, 1.54) is 12.1 Å². The summed E-state index contributed by atoms with van der Waals surface area (Å²) in [4.78, 5) is 13.7. The predicted molar refractivity (Wildman–Crippen MR) is 159 cm³/mol. The Bertz CT molecular complexity index is 1300. The summed E-state index contributed by atoms with van der Waals surface area (Å²) in [7, 11) is -3.27. The molecule has 2 bridgehead atoms. The van der Waals surface area contributed by atoms with Gasteiger partial charge in [0.1, 0.15) is 5.82 Å². The van der Waals surface area contributed by atoms with E-state index in [0.29, 0.717) is 38.0 Å². The molecule has 2 aromatic rings. The van der Waals surface area contributed by atoms with Gasteiger partial charge in [-0.2, -0.15) is 4.31 Å². The van der Waals surface area contributed by atoms with E-state index in [1.807, 2.05) is 38.1 Å². The molecular formula is C31H43FN4O4S. The van der Waals surface area contributed by atoms with Crippen LogP contribution in [0.4, 0.5) is 10.1 Å². The Morgan fingerprint density at radius 2 is 1.85 bits per heavy atom. The molecule has 0 spiro atoms. The summed E-state index contributed by atoms with van der Waals surface area (Å²) in [6, 6.07) is 13.2. The van der Waals surface area contributed by atoms with Gasteiger partial charge in [-0.3, -0.25) is 4.79 Å². The van der Waals surface area contributed by atoms with Crippen LogP contribution in [0.25, 0.3) is 0 Å². The lowest BCUT2D eigenvalue weighted by Gasteiger charge is -2.39. The number of benzene rings is 2. The van der Waals surface area contributed by atoms with E-state index in [2.05, 4.69) is 10.6 Å². The Balaban J connectivity index is 1.31. The SMILES string of the molecule is C[C@@H]1CC([C@H](c2ccc(F)cc2)[C@H](N)C(=O)Nc2ccccc2CC[C@H]2CN[C@@H]3CCCS(=O)(=O)N2C3)C[C@@H](C)O1. The zero-order valence-corrected chi connectivity index (χ0v) is 24.8. The lowest BCUT2D eigenvalue weighted by atomic mass is 9.74. The number of nitrogens with zero attached hydrogens (tertiary/aromatic N) is 1. The number of rotatable bonds is 8. The van der Waals surface area contributed by atoms with Gasteiger partial charge in [0, 0.05) is 36.8 Å². The Hall–Kier alpha value is -2.37. The van der Waals surface area contributed by atoms with Gasteiger partial charge in [0.05, 0.1) is 24.0 Å². The number of hydrogen-bond donors (Lipinski definition) is 3. The Labute approximate surface area is 243 Å². The molecule has 1 unspecified atom stereocenters. The van der Waals surface area contributed by atoms with Gasteiger partial charge in [-0.1, -0.05) is 30.3 Å². The number of piperazine rings is 1. The molecule has 224 valence electrons. The first-order valence-electron chi connectivity index (χ1n) is 14.9. The molecule has 3 heterocycles. The number of anilines is 1. The van der Waals surface area contributed by atoms with Crippen LogP contribution in [-0.2, 0) is 26.0 Å². The molecule has 3 aliphatic rings. The normalized spacial score (nSPS) is 31.0. The van der Waals surface area contributed by atoms with Gasteiger partial charge < -0.3 is 21.1 Å². The third-order valence-electron chi connectivity index (χ3n) is 8.97. The van der Waals surface area contributed by atoms with E-state index in [9.17, 15) is 17.6 Å². The largest absolute Gasteiger partial charge is 0.376 e. The summed E-state index contributed by atoms with van der Waals surface area (Å²) < 4.78 is 47.2. The number of carbonyl (C=O) groups excluding carboxylic acids is 1. The molecule has 7 atom stereocenters. The van der Waals surface area contributed by atoms with Crippen LogP contribution < -0.4 is 16.4 Å². The van der Waals surface area contributed by atoms with E-state index in [0.717, 1.165) is 30.4 Å². The second-order valence-electron chi connectivity index (χ2n) is 12.1. The first-order valence-corrected chi connectivity index (χ1v) is 16.5. The van der Waals surface area contributed by atoms with Crippen molar-refractivity contribution in [2.75, 3.05) is 24.2 Å². The van der Waals surface area contributed by atoms with Crippen LogP contribution in [0.5, 0.6) is 0 Å². The topological polar surface area (TPSA) is 114 Å². The highest BCUT2D eigenvalue weighted by Gasteiger charge is 2.39. The van der Waals surface area contributed by atoms with E-state index in [-0.39, 0.29) is 53.6 Å². The number of ether oxygens (including phenoxy) is 1. The van der Waals surface area contributed by atoms with E-state index < -0.39 is 16.1 Å². The minimum atomic E-state index is -3.27. The lowest BCUT2D eigenvalue weighted by Crippen LogP contribution is -2.57. The molecule has 41 heavy (non-hydrogen) atoms. The summed E-state index contributed by atoms with van der Waals surface area (Å²) in [6.45, 7) is 5.22. The maximum absolute atomic E-state index is 13.8. The molecule has 10 heteroatoms. The molecule has 4 N–H and O–H groups in total. The number of nitrogens with two attached hydrogens (primary N) is 1. The number of sulfonamides is 1. The predicted octanol–water partition coefficient (Wildman–Crippen LogP) is 3.78. The van der Waals surface area contributed by atoms with Crippen molar-refractivity contribution < 1.29 is 22.3 Å². The highest BCUT2D eigenvalue weighted by Crippen LogP contribution is 2.38. The number of carbonyl (C=O) groups is 1. The molecule has 8 nitrogen and oxygen atoms in total. The molecule has 0 aromatic heterocycles. The number of hydrogen-bond acceptors (Lipinski definition) is 6.